The van der Waals surface area contributed by atoms with Gasteiger partial charge in [-0.2, -0.15) is 18.4 Å². The van der Waals surface area contributed by atoms with Gasteiger partial charge in [0.2, 0.25) is 5.91 Å². The van der Waals surface area contributed by atoms with E-state index in [4.69, 9.17) is 9.78 Å². The van der Waals surface area contributed by atoms with E-state index in [-0.39, 0.29) is 44.5 Å². The molecule has 4 N–H and O–H groups in total. The van der Waals surface area contributed by atoms with Crippen LogP contribution in [-0.4, -0.2) is 53.2 Å². The van der Waals surface area contributed by atoms with Crippen molar-refractivity contribution in [2.45, 2.75) is 25.6 Å². The molecule has 3 amide bonds. The van der Waals surface area contributed by atoms with Gasteiger partial charge >= 0.3 is 12.1 Å². The average molecular weight is 567 g/mol. The molecule has 1 heterocycles. The summed E-state index contributed by atoms with van der Waals surface area (Å²) in [6.07, 6.45) is -2.93. The van der Waals surface area contributed by atoms with Gasteiger partial charge in [-0.15, -0.1) is 0 Å². The van der Waals surface area contributed by atoms with Gasteiger partial charge in [0.15, 0.2) is 11.3 Å². The van der Waals surface area contributed by atoms with E-state index < -0.39 is 53.6 Å². The highest BCUT2D eigenvalue weighted by atomic mass is 19.4. The standard InChI is InChI=1S/C27H20F3N5O6/c1-12(36)33-14-4-5-15(20(8-14)27(28,29)30)16-9-19-22(10-17(16)24(37)32-2)41-35-23(19)25(38)34-21-6-3-13(11-31)7-18(21)26(39)40/h3-7,9-10,14H,8H2,1-2H3,(H,32,37)(H,33,36)(H,34,38)(H,39,40). The number of aromatic nitrogens is 1. The average Bonchev–Trinajstić information content (AvgIpc) is 3.34. The molecule has 0 saturated carbocycles. The number of carbonyl (C=O) groups excluding carboxylic acids is 3. The molecule has 210 valence electrons. The van der Waals surface area contributed by atoms with Crippen molar-refractivity contribution in [1.29, 1.82) is 5.26 Å². The number of halogens is 3. The van der Waals surface area contributed by atoms with E-state index in [0.717, 1.165) is 24.3 Å². The van der Waals surface area contributed by atoms with E-state index in [1.54, 1.807) is 6.07 Å². The van der Waals surface area contributed by atoms with E-state index in [0.29, 0.717) is 0 Å². The van der Waals surface area contributed by atoms with Crippen molar-refractivity contribution in [1.82, 2.24) is 15.8 Å². The van der Waals surface area contributed by atoms with Crippen molar-refractivity contribution in [3.8, 4) is 6.07 Å². The summed E-state index contributed by atoms with van der Waals surface area (Å²) in [5, 5.41) is 29.3. The van der Waals surface area contributed by atoms with Gasteiger partial charge in [-0.1, -0.05) is 17.3 Å². The third-order valence-corrected chi connectivity index (χ3v) is 6.19. The van der Waals surface area contributed by atoms with E-state index >= 15 is 0 Å². The van der Waals surface area contributed by atoms with Gasteiger partial charge in [-0.3, -0.25) is 14.4 Å². The SMILES string of the molecule is CNC(=O)c1cc2onc(C(=O)Nc3ccc(C#N)cc3C(=O)O)c2cc1C1=C(C(F)(F)F)CC(NC(C)=O)C=C1. The minimum atomic E-state index is -4.83. The summed E-state index contributed by atoms with van der Waals surface area (Å²) in [7, 11) is 1.29. The lowest BCUT2D eigenvalue weighted by molar-refractivity contribution is -0.119. The number of nitrogens with one attached hydrogen (secondary N) is 3. The molecule has 3 aromatic rings. The number of nitrogens with zero attached hydrogens (tertiary/aromatic N) is 2. The molecule has 2 aromatic carbocycles. The van der Waals surface area contributed by atoms with Crippen LogP contribution in [0.4, 0.5) is 18.9 Å². The van der Waals surface area contributed by atoms with E-state index in [2.05, 4.69) is 21.1 Å². The van der Waals surface area contributed by atoms with Crippen molar-refractivity contribution in [2.24, 2.45) is 0 Å². The second-order valence-corrected chi connectivity index (χ2v) is 8.90. The van der Waals surface area contributed by atoms with Crippen molar-refractivity contribution in [2.75, 3.05) is 12.4 Å². The first kappa shape index (κ1) is 28.6. The molecule has 0 radical (unpaired) electrons. The minimum Gasteiger partial charge on any atom is -0.478 e. The zero-order chi connectivity index (χ0) is 30.1. The van der Waals surface area contributed by atoms with Crippen molar-refractivity contribution < 1.29 is 42.0 Å². The molecule has 0 fully saturated rings. The number of carboxylic acids is 1. The van der Waals surface area contributed by atoms with Crippen LogP contribution in [-0.2, 0) is 4.79 Å². The number of anilines is 1. The maximum absolute atomic E-state index is 14.2. The fourth-order valence-electron chi connectivity index (χ4n) is 4.37. The normalized spacial score (nSPS) is 14.9. The van der Waals surface area contributed by atoms with Gasteiger partial charge in [0.25, 0.3) is 11.8 Å². The quantitative estimate of drug-likeness (QED) is 0.348. The Kier molecular flexibility index (Phi) is 7.64. The van der Waals surface area contributed by atoms with Gasteiger partial charge in [0, 0.05) is 26.0 Å². The molecule has 1 atom stereocenters. The van der Waals surface area contributed by atoms with Crippen LogP contribution in [0.15, 0.2) is 52.6 Å². The second-order valence-electron chi connectivity index (χ2n) is 8.90. The first-order chi connectivity index (χ1) is 19.3. The summed E-state index contributed by atoms with van der Waals surface area (Å²) in [6, 6.07) is 6.70. The molecule has 1 aliphatic carbocycles. The number of hydrogen-bond acceptors (Lipinski definition) is 7. The highest BCUT2D eigenvalue weighted by molar-refractivity contribution is 6.14. The third-order valence-electron chi connectivity index (χ3n) is 6.19. The fraction of sp³-hybridized carbons (Fsp3) is 0.185. The summed E-state index contributed by atoms with van der Waals surface area (Å²) < 4.78 is 47.8. The van der Waals surface area contributed by atoms with E-state index in [1.165, 1.54) is 32.2 Å². The van der Waals surface area contributed by atoms with E-state index in [1.807, 2.05) is 0 Å². The van der Waals surface area contributed by atoms with E-state index in [9.17, 15) is 37.5 Å². The maximum Gasteiger partial charge on any atom is 0.413 e. The number of aromatic carboxylic acids is 1. The molecule has 0 spiro atoms. The van der Waals surface area contributed by atoms with Crippen LogP contribution in [0.5, 0.6) is 0 Å². The molecule has 1 aromatic heterocycles. The molecule has 1 aliphatic rings. The number of carbonyl (C=O) groups is 4. The van der Waals surface area contributed by atoms with Crippen LogP contribution in [0.3, 0.4) is 0 Å². The number of nitriles is 1. The Morgan fingerprint density at radius 3 is 2.46 bits per heavy atom. The predicted octanol–water partition coefficient (Wildman–Crippen LogP) is 3.79. The van der Waals surface area contributed by atoms with Gasteiger partial charge in [-0.25, -0.2) is 4.79 Å². The number of amides is 3. The van der Waals surface area contributed by atoms with Crippen LogP contribution in [0.1, 0.15) is 55.7 Å². The van der Waals surface area contributed by atoms with Crippen molar-refractivity contribution >= 4 is 45.9 Å². The Morgan fingerprint density at radius 1 is 1.12 bits per heavy atom. The van der Waals surface area contributed by atoms with Gasteiger partial charge in [0.1, 0.15) is 0 Å². The Balaban J connectivity index is 1.86. The van der Waals surface area contributed by atoms with Gasteiger partial charge in [-0.05, 0) is 41.5 Å². The Labute approximate surface area is 229 Å². The summed E-state index contributed by atoms with van der Waals surface area (Å²) >= 11 is 0. The van der Waals surface area contributed by atoms with Crippen LogP contribution in [0.25, 0.3) is 16.5 Å². The van der Waals surface area contributed by atoms with Gasteiger partial charge < -0.3 is 25.6 Å². The van der Waals surface area contributed by atoms with Crippen LogP contribution < -0.4 is 16.0 Å². The Bertz CT molecular complexity index is 1710. The minimum absolute atomic E-state index is 0.0358. The topological polar surface area (TPSA) is 174 Å². The van der Waals surface area contributed by atoms with Crippen LogP contribution in [0, 0.1) is 11.3 Å². The zero-order valence-corrected chi connectivity index (χ0v) is 21.3. The highest BCUT2D eigenvalue weighted by Gasteiger charge is 2.39. The number of benzene rings is 2. The molecule has 4 rings (SSSR count). The Hall–Kier alpha value is -5.45. The maximum atomic E-state index is 14.2. The number of carboxylic acid groups (broad SMARTS) is 1. The summed E-state index contributed by atoms with van der Waals surface area (Å²) in [4.78, 5) is 48.9. The Morgan fingerprint density at radius 2 is 1.85 bits per heavy atom. The molecular weight excluding hydrogens is 547 g/mol. The molecular formula is C27H20F3N5O6. The molecule has 0 bridgehead atoms. The highest BCUT2D eigenvalue weighted by Crippen LogP contribution is 2.41. The molecule has 0 aliphatic heterocycles. The second kappa shape index (κ2) is 11.0. The number of allylic oxidation sites excluding steroid dienone is 2. The predicted molar refractivity (Wildman–Crippen MR) is 138 cm³/mol. The van der Waals surface area contributed by atoms with Crippen LogP contribution >= 0.6 is 0 Å². The summed E-state index contributed by atoms with van der Waals surface area (Å²) in [5.74, 6) is -3.64. The number of alkyl halides is 3. The smallest absolute Gasteiger partial charge is 0.413 e. The molecule has 11 nitrogen and oxygen atoms in total. The number of rotatable bonds is 6. The zero-order valence-electron chi connectivity index (χ0n) is 21.3. The lowest BCUT2D eigenvalue weighted by atomic mass is 9.86. The molecule has 14 heteroatoms. The lowest BCUT2D eigenvalue weighted by Gasteiger charge is -2.25. The fourth-order valence-corrected chi connectivity index (χ4v) is 4.37. The number of hydrogen-bond donors (Lipinski definition) is 4. The third kappa shape index (κ3) is 5.78. The van der Waals surface area contributed by atoms with Crippen molar-refractivity contribution in [3.63, 3.8) is 0 Å². The summed E-state index contributed by atoms with van der Waals surface area (Å²) in [5.41, 5.74) is -2.73. The number of fused-ring (bicyclic) bond motifs is 1. The van der Waals surface area contributed by atoms with Crippen molar-refractivity contribution in [3.05, 3.63) is 76.0 Å². The molecule has 0 saturated heterocycles. The molecule has 1 unspecified atom stereocenters. The first-order valence-electron chi connectivity index (χ1n) is 11.8. The molecule has 41 heavy (non-hydrogen) atoms. The monoisotopic (exact) mass is 567 g/mol. The van der Waals surface area contributed by atoms with Gasteiger partial charge in [0.05, 0.1) is 39.9 Å². The lowest BCUT2D eigenvalue weighted by Crippen LogP contribution is -2.35. The largest absolute Gasteiger partial charge is 0.478 e. The van der Waals surface area contributed by atoms with Crippen LogP contribution in [0.2, 0.25) is 0 Å². The first-order valence-corrected chi connectivity index (χ1v) is 11.8. The summed E-state index contributed by atoms with van der Waals surface area (Å²) in [6.45, 7) is 1.17.